The number of halogens is 1. The van der Waals surface area contributed by atoms with Crippen molar-refractivity contribution in [2.75, 3.05) is 0 Å². The highest BCUT2D eigenvalue weighted by molar-refractivity contribution is 6.31. The summed E-state index contributed by atoms with van der Waals surface area (Å²) in [6, 6.07) is 14.8. The van der Waals surface area contributed by atoms with Gasteiger partial charge in [-0.1, -0.05) is 41.9 Å². The third-order valence-electron chi connectivity index (χ3n) is 6.00. The maximum Gasteiger partial charge on any atom is 0.277 e. The highest BCUT2D eigenvalue weighted by atomic mass is 35.5. The van der Waals surface area contributed by atoms with E-state index in [4.69, 9.17) is 11.6 Å². The highest BCUT2D eigenvalue weighted by Gasteiger charge is 2.19. The second-order valence-corrected chi connectivity index (χ2v) is 8.53. The summed E-state index contributed by atoms with van der Waals surface area (Å²) >= 11 is 6.15. The van der Waals surface area contributed by atoms with Gasteiger partial charge in [-0.15, -0.1) is 0 Å². The molecular formula is C25H23ClN4O2. The molecule has 2 aromatic heterocycles. The summed E-state index contributed by atoms with van der Waals surface area (Å²) in [6.07, 6.45) is 7.71. The van der Waals surface area contributed by atoms with E-state index in [1.165, 1.54) is 0 Å². The Labute approximate surface area is 190 Å². The summed E-state index contributed by atoms with van der Waals surface area (Å²) in [5, 5.41) is 8.11. The molecule has 6 nitrogen and oxygen atoms in total. The first-order valence-electron chi connectivity index (χ1n) is 10.8. The number of nitrogens with one attached hydrogen (secondary N) is 1. The molecule has 4 aromatic rings. The molecule has 5 rings (SSSR count). The SMILES string of the molecule is O=C(NCc1ccccc1Cl)c1ccc(Cn2ccn3nc4c(c3c2=O)CCCC4)cc1. The van der Waals surface area contributed by atoms with Crippen molar-refractivity contribution < 1.29 is 4.79 Å². The molecule has 7 heteroatoms. The van der Waals surface area contributed by atoms with E-state index in [-0.39, 0.29) is 11.5 Å². The van der Waals surface area contributed by atoms with Crippen LogP contribution in [0.15, 0.2) is 65.7 Å². The molecule has 0 spiro atoms. The van der Waals surface area contributed by atoms with Crippen LogP contribution in [0.1, 0.15) is 45.6 Å². The van der Waals surface area contributed by atoms with Crippen molar-refractivity contribution in [1.29, 1.82) is 0 Å². The second kappa shape index (κ2) is 8.63. The molecule has 0 saturated carbocycles. The van der Waals surface area contributed by atoms with E-state index in [1.807, 2.05) is 36.5 Å². The number of aryl methyl sites for hydroxylation is 2. The van der Waals surface area contributed by atoms with Crippen molar-refractivity contribution in [3.63, 3.8) is 0 Å². The van der Waals surface area contributed by atoms with Crippen molar-refractivity contribution in [2.45, 2.75) is 38.8 Å². The number of hydrogen-bond acceptors (Lipinski definition) is 3. The van der Waals surface area contributed by atoms with Crippen LogP contribution in [0.25, 0.3) is 5.52 Å². The molecule has 1 amide bonds. The average molecular weight is 447 g/mol. The fourth-order valence-corrected chi connectivity index (χ4v) is 4.46. The Bertz CT molecular complexity index is 1350. The first kappa shape index (κ1) is 20.5. The number of aromatic nitrogens is 3. The number of amides is 1. The molecule has 1 N–H and O–H groups in total. The number of hydrogen-bond donors (Lipinski definition) is 1. The van der Waals surface area contributed by atoms with Crippen molar-refractivity contribution >= 4 is 23.0 Å². The summed E-state index contributed by atoms with van der Waals surface area (Å²) in [7, 11) is 0. The van der Waals surface area contributed by atoms with Crippen LogP contribution >= 0.6 is 11.6 Å². The first-order chi connectivity index (χ1) is 15.6. The van der Waals surface area contributed by atoms with Crippen molar-refractivity contribution in [2.24, 2.45) is 0 Å². The van der Waals surface area contributed by atoms with E-state index in [9.17, 15) is 9.59 Å². The molecule has 0 radical (unpaired) electrons. The number of carbonyl (C=O) groups is 1. The Balaban J connectivity index is 1.31. The number of nitrogens with zero attached hydrogens (tertiary/aromatic N) is 3. The van der Waals surface area contributed by atoms with Gasteiger partial charge in [0.2, 0.25) is 0 Å². The third-order valence-corrected chi connectivity index (χ3v) is 6.37. The van der Waals surface area contributed by atoms with Gasteiger partial charge in [0, 0.05) is 35.1 Å². The van der Waals surface area contributed by atoms with E-state index in [0.717, 1.165) is 48.1 Å². The number of rotatable bonds is 5. The van der Waals surface area contributed by atoms with E-state index in [2.05, 4.69) is 10.4 Å². The minimum absolute atomic E-state index is 0.0234. The van der Waals surface area contributed by atoms with Crippen LogP contribution in [0.3, 0.4) is 0 Å². The van der Waals surface area contributed by atoms with Gasteiger partial charge in [-0.3, -0.25) is 9.59 Å². The Morgan fingerprint density at radius 1 is 1.03 bits per heavy atom. The third kappa shape index (κ3) is 3.94. The molecule has 0 fully saturated rings. The second-order valence-electron chi connectivity index (χ2n) is 8.13. The Kier molecular flexibility index (Phi) is 5.53. The smallest absolute Gasteiger partial charge is 0.277 e. The maximum absolute atomic E-state index is 13.1. The fraction of sp³-hybridized carbons (Fsp3) is 0.240. The van der Waals surface area contributed by atoms with Crippen LogP contribution in [0, 0.1) is 0 Å². The predicted octanol–water partition coefficient (Wildman–Crippen LogP) is 4.01. The molecule has 0 aliphatic heterocycles. The molecule has 0 saturated heterocycles. The van der Waals surface area contributed by atoms with Crippen LogP contribution in [-0.2, 0) is 25.9 Å². The van der Waals surface area contributed by atoms with Gasteiger partial charge >= 0.3 is 0 Å². The topological polar surface area (TPSA) is 68.4 Å². The number of benzene rings is 2. The maximum atomic E-state index is 13.1. The molecule has 0 unspecified atom stereocenters. The molecule has 2 aromatic carbocycles. The molecule has 162 valence electrons. The van der Waals surface area contributed by atoms with Crippen molar-refractivity contribution in [3.8, 4) is 0 Å². The summed E-state index contributed by atoms with van der Waals surface area (Å²) in [4.78, 5) is 25.6. The minimum atomic E-state index is -0.166. The largest absolute Gasteiger partial charge is 0.348 e. The van der Waals surface area contributed by atoms with E-state index >= 15 is 0 Å². The molecule has 1 aliphatic rings. The average Bonchev–Trinajstić information content (AvgIpc) is 3.20. The first-order valence-corrected chi connectivity index (χ1v) is 11.2. The Morgan fingerprint density at radius 3 is 2.62 bits per heavy atom. The standard InChI is InChI=1S/C25H23ClN4O2/c26-21-7-3-1-5-19(21)15-27-24(31)18-11-9-17(10-12-18)16-29-13-14-30-23(25(29)32)20-6-2-4-8-22(20)28-30/h1,3,5,7,9-14H,2,4,6,8,15-16H2,(H,27,31). The minimum Gasteiger partial charge on any atom is -0.348 e. The number of carbonyl (C=O) groups excluding carboxylic acids is 1. The molecule has 0 bridgehead atoms. The van der Waals surface area contributed by atoms with Gasteiger partial charge in [0.1, 0.15) is 5.52 Å². The van der Waals surface area contributed by atoms with Gasteiger partial charge in [-0.2, -0.15) is 5.10 Å². The van der Waals surface area contributed by atoms with Gasteiger partial charge in [-0.25, -0.2) is 4.52 Å². The molecule has 2 heterocycles. The van der Waals surface area contributed by atoms with Gasteiger partial charge in [-0.05, 0) is 55.0 Å². The van der Waals surface area contributed by atoms with Gasteiger partial charge in [0.05, 0.1) is 12.2 Å². The summed E-state index contributed by atoms with van der Waals surface area (Å²) in [6.45, 7) is 0.808. The quantitative estimate of drug-likeness (QED) is 0.503. The van der Waals surface area contributed by atoms with E-state index in [1.54, 1.807) is 33.5 Å². The summed E-state index contributed by atoms with van der Waals surface area (Å²) < 4.78 is 3.43. The zero-order valence-electron chi connectivity index (χ0n) is 17.6. The summed E-state index contributed by atoms with van der Waals surface area (Å²) in [5.74, 6) is -0.166. The van der Waals surface area contributed by atoms with Crippen molar-refractivity contribution in [3.05, 3.63) is 104 Å². The molecule has 1 aliphatic carbocycles. The van der Waals surface area contributed by atoms with Crippen LogP contribution < -0.4 is 10.9 Å². The highest BCUT2D eigenvalue weighted by Crippen LogP contribution is 2.22. The lowest BCUT2D eigenvalue weighted by Gasteiger charge is -2.10. The zero-order chi connectivity index (χ0) is 22.1. The van der Waals surface area contributed by atoms with Gasteiger partial charge in [0.15, 0.2) is 0 Å². The van der Waals surface area contributed by atoms with Crippen LogP contribution in [0.5, 0.6) is 0 Å². The molecular weight excluding hydrogens is 424 g/mol. The van der Waals surface area contributed by atoms with Crippen LogP contribution in [-0.4, -0.2) is 20.1 Å². The Morgan fingerprint density at radius 2 is 1.81 bits per heavy atom. The zero-order valence-corrected chi connectivity index (χ0v) is 18.3. The van der Waals surface area contributed by atoms with E-state index in [0.29, 0.717) is 29.2 Å². The van der Waals surface area contributed by atoms with Gasteiger partial charge in [0.25, 0.3) is 11.5 Å². The Hall–Kier alpha value is -3.38. The lowest BCUT2D eigenvalue weighted by molar-refractivity contribution is 0.0951. The van der Waals surface area contributed by atoms with Gasteiger partial charge < -0.3 is 9.88 Å². The predicted molar refractivity (Wildman–Crippen MR) is 124 cm³/mol. The van der Waals surface area contributed by atoms with Crippen molar-refractivity contribution in [1.82, 2.24) is 19.5 Å². The monoisotopic (exact) mass is 446 g/mol. The normalized spacial score (nSPS) is 13.2. The van der Waals surface area contributed by atoms with Crippen LogP contribution in [0.4, 0.5) is 0 Å². The lowest BCUT2D eigenvalue weighted by Crippen LogP contribution is -2.24. The van der Waals surface area contributed by atoms with E-state index < -0.39 is 0 Å². The van der Waals surface area contributed by atoms with Crippen LogP contribution in [0.2, 0.25) is 5.02 Å². The fourth-order valence-electron chi connectivity index (χ4n) is 4.26. The molecule has 0 atom stereocenters. The lowest BCUT2D eigenvalue weighted by atomic mass is 9.97. The molecule has 32 heavy (non-hydrogen) atoms. The number of fused-ring (bicyclic) bond motifs is 3. The summed E-state index contributed by atoms with van der Waals surface area (Å²) in [5.41, 5.74) is 5.21.